The molecule has 8 nitrogen and oxygen atoms in total. The Hall–Kier alpha value is -2.19. The zero-order valence-corrected chi connectivity index (χ0v) is 11.9. The summed E-state index contributed by atoms with van der Waals surface area (Å²) in [6.45, 7) is 4.59. The maximum Gasteiger partial charge on any atom is 0.293 e. The third-order valence-electron chi connectivity index (χ3n) is 3.42. The van der Waals surface area contributed by atoms with E-state index in [1.807, 2.05) is 0 Å². The van der Waals surface area contributed by atoms with Crippen LogP contribution in [0.4, 0.5) is 11.4 Å². The SMILES string of the molecule is CC(=O)Nc1cc2c(cc1[N+](=O)[O-])[C@@H](N)[C@H](O)C(C)(C)O2. The summed E-state index contributed by atoms with van der Waals surface area (Å²) in [6, 6.07) is 1.78. The molecule has 0 saturated heterocycles. The lowest BCUT2D eigenvalue weighted by molar-refractivity contribution is -0.384. The van der Waals surface area contributed by atoms with Crippen LogP contribution in [0.1, 0.15) is 32.4 Å². The predicted molar refractivity (Wildman–Crippen MR) is 75.0 cm³/mol. The zero-order valence-electron chi connectivity index (χ0n) is 11.9. The van der Waals surface area contributed by atoms with Crippen LogP contribution in [0.25, 0.3) is 0 Å². The van der Waals surface area contributed by atoms with Crippen LogP contribution in [-0.4, -0.2) is 27.6 Å². The maximum atomic E-state index is 11.2. The molecule has 0 bridgehead atoms. The Morgan fingerprint density at radius 3 is 2.67 bits per heavy atom. The molecule has 0 radical (unpaired) electrons. The lowest BCUT2D eigenvalue weighted by Gasteiger charge is -2.40. The second kappa shape index (κ2) is 4.97. The van der Waals surface area contributed by atoms with E-state index in [0.717, 1.165) is 0 Å². The topological polar surface area (TPSA) is 128 Å². The minimum absolute atomic E-state index is 0.0330. The zero-order chi connectivity index (χ0) is 15.9. The highest BCUT2D eigenvalue weighted by atomic mass is 16.6. The Balaban J connectivity index is 2.59. The van der Waals surface area contributed by atoms with E-state index < -0.39 is 28.6 Å². The molecule has 1 aromatic rings. The number of fused-ring (bicyclic) bond motifs is 1. The first-order valence-corrected chi connectivity index (χ1v) is 6.36. The molecule has 0 spiro atoms. The first-order valence-electron chi connectivity index (χ1n) is 6.36. The molecule has 0 aromatic heterocycles. The predicted octanol–water partition coefficient (Wildman–Crippen LogP) is 1.08. The van der Waals surface area contributed by atoms with Gasteiger partial charge in [-0.25, -0.2) is 0 Å². The van der Waals surface area contributed by atoms with E-state index in [0.29, 0.717) is 11.3 Å². The third kappa shape index (κ3) is 2.67. The second-order valence-corrected chi connectivity index (χ2v) is 5.52. The molecule has 1 aliphatic rings. The number of nitro benzene ring substituents is 1. The maximum absolute atomic E-state index is 11.2. The number of hydrogen-bond donors (Lipinski definition) is 3. The Morgan fingerprint density at radius 2 is 2.14 bits per heavy atom. The van der Waals surface area contributed by atoms with Crippen molar-refractivity contribution < 1.29 is 19.6 Å². The van der Waals surface area contributed by atoms with Crippen molar-refractivity contribution in [2.45, 2.75) is 38.5 Å². The molecule has 2 rings (SSSR count). The number of benzene rings is 1. The minimum Gasteiger partial charge on any atom is -0.485 e. The van der Waals surface area contributed by atoms with Gasteiger partial charge in [-0.3, -0.25) is 14.9 Å². The van der Waals surface area contributed by atoms with Gasteiger partial charge >= 0.3 is 0 Å². The van der Waals surface area contributed by atoms with Crippen molar-refractivity contribution in [2.24, 2.45) is 5.73 Å². The molecule has 21 heavy (non-hydrogen) atoms. The van der Waals surface area contributed by atoms with Crippen molar-refractivity contribution in [2.75, 3.05) is 5.32 Å². The number of nitrogens with zero attached hydrogens (tertiary/aromatic N) is 1. The van der Waals surface area contributed by atoms with E-state index in [1.54, 1.807) is 13.8 Å². The van der Waals surface area contributed by atoms with E-state index in [9.17, 15) is 20.0 Å². The highest BCUT2D eigenvalue weighted by Crippen LogP contribution is 2.43. The van der Waals surface area contributed by atoms with Gasteiger partial charge in [0.05, 0.1) is 11.0 Å². The van der Waals surface area contributed by atoms with Gasteiger partial charge in [0.1, 0.15) is 23.1 Å². The van der Waals surface area contributed by atoms with Crippen LogP contribution in [0.5, 0.6) is 5.75 Å². The fourth-order valence-corrected chi connectivity index (χ4v) is 2.32. The monoisotopic (exact) mass is 295 g/mol. The van der Waals surface area contributed by atoms with E-state index in [4.69, 9.17) is 10.5 Å². The van der Waals surface area contributed by atoms with Gasteiger partial charge in [-0.1, -0.05) is 0 Å². The third-order valence-corrected chi connectivity index (χ3v) is 3.42. The molecule has 4 N–H and O–H groups in total. The van der Waals surface area contributed by atoms with Crippen molar-refractivity contribution >= 4 is 17.3 Å². The molecule has 2 atom stereocenters. The van der Waals surface area contributed by atoms with E-state index in [-0.39, 0.29) is 11.4 Å². The van der Waals surface area contributed by atoms with Crippen molar-refractivity contribution in [3.05, 3.63) is 27.8 Å². The fourth-order valence-electron chi connectivity index (χ4n) is 2.32. The number of amides is 1. The molecule has 114 valence electrons. The van der Waals surface area contributed by atoms with Crippen LogP contribution in [-0.2, 0) is 4.79 Å². The number of nitrogens with one attached hydrogen (secondary N) is 1. The summed E-state index contributed by atoms with van der Waals surface area (Å²) in [5.41, 5.74) is 5.08. The van der Waals surface area contributed by atoms with E-state index in [1.165, 1.54) is 19.1 Å². The van der Waals surface area contributed by atoms with Crippen molar-refractivity contribution in [1.82, 2.24) is 0 Å². The van der Waals surface area contributed by atoms with Gasteiger partial charge in [0.15, 0.2) is 0 Å². The summed E-state index contributed by atoms with van der Waals surface area (Å²) in [5, 5.41) is 23.6. The summed E-state index contributed by atoms with van der Waals surface area (Å²) >= 11 is 0. The number of rotatable bonds is 2. The lowest BCUT2D eigenvalue weighted by Crippen LogP contribution is -2.51. The summed E-state index contributed by atoms with van der Waals surface area (Å²) in [4.78, 5) is 21.7. The minimum atomic E-state index is -1.00. The van der Waals surface area contributed by atoms with Gasteiger partial charge in [0.2, 0.25) is 5.91 Å². The first kappa shape index (κ1) is 15.2. The average molecular weight is 295 g/mol. The van der Waals surface area contributed by atoms with Crippen LogP contribution < -0.4 is 15.8 Å². The standard InChI is InChI=1S/C13H17N3O5/c1-6(17)15-8-5-10-7(4-9(8)16(19)20)11(14)12(18)13(2,3)21-10/h4-5,11-12,18H,14H2,1-3H3,(H,15,17)/t11-,12+/m1/s1. The summed E-state index contributed by atoms with van der Waals surface area (Å²) in [5.74, 6) is -0.121. The second-order valence-electron chi connectivity index (χ2n) is 5.52. The van der Waals surface area contributed by atoms with Crippen molar-refractivity contribution in [3.63, 3.8) is 0 Å². The van der Waals surface area contributed by atoms with Crippen LogP contribution in [0.15, 0.2) is 12.1 Å². The molecule has 8 heteroatoms. The van der Waals surface area contributed by atoms with Gasteiger partial charge in [0, 0.05) is 24.6 Å². The summed E-state index contributed by atoms with van der Waals surface area (Å²) < 4.78 is 5.66. The van der Waals surface area contributed by atoms with E-state index in [2.05, 4.69) is 5.32 Å². The summed E-state index contributed by atoms with van der Waals surface area (Å²) in [7, 11) is 0. The van der Waals surface area contributed by atoms with Crippen LogP contribution >= 0.6 is 0 Å². The highest BCUT2D eigenvalue weighted by molar-refractivity contribution is 5.92. The van der Waals surface area contributed by atoms with Gasteiger partial charge in [-0.15, -0.1) is 0 Å². The number of carbonyl (C=O) groups excluding carboxylic acids is 1. The Morgan fingerprint density at radius 1 is 1.52 bits per heavy atom. The molecule has 1 amide bonds. The molecular formula is C13H17N3O5. The number of aliphatic hydroxyl groups is 1. The number of nitro groups is 1. The molecule has 0 unspecified atom stereocenters. The van der Waals surface area contributed by atoms with Gasteiger partial charge in [0.25, 0.3) is 5.69 Å². The number of hydrogen-bond acceptors (Lipinski definition) is 6. The number of ether oxygens (including phenoxy) is 1. The number of nitrogens with two attached hydrogens (primary N) is 1. The van der Waals surface area contributed by atoms with Crippen molar-refractivity contribution in [3.8, 4) is 5.75 Å². The number of anilines is 1. The Labute approximate surface area is 121 Å². The Kier molecular flexibility index (Phi) is 3.60. The smallest absolute Gasteiger partial charge is 0.293 e. The largest absolute Gasteiger partial charge is 0.485 e. The van der Waals surface area contributed by atoms with Gasteiger partial charge < -0.3 is 20.9 Å². The van der Waals surface area contributed by atoms with Crippen LogP contribution in [0.3, 0.4) is 0 Å². The van der Waals surface area contributed by atoms with Crippen LogP contribution in [0, 0.1) is 10.1 Å². The highest BCUT2D eigenvalue weighted by Gasteiger charge is 2.42. The lowest BCUT2D eigenvalue weighted by atomic mass is 9.87. The first-order chi connectivity index (χ1) is 9.63. The normalized spacial score (nSPS) is 22.9. The quantitative estimate of drug-likeness (QED) is 0.553. The summed E-state index contributed by atoms with van der Waals surface area (Å²) in [6.07, 6.45) is -1.00. The Bertz CT molecular complexity index is 614. The van der Waals surface area contributed by atoms with Gasteiger partial charge in [-0.05, 0) is 13.8 Å². The molecule has 0 aliphatic carbocycles. The number of carbonyl (C=O) groups is 1. The molecular weight excluding hydrogens is 278 g/mol. The molecule has 0 fully saturated rings. The van der Waals surface area contributed by atoms with Crippen molar-refractivity contribution in [1.29, 1.82) is 0 Å². The average Bonchev–Trinajstić information content (AvgIpc) is 2.34. The number of aliphatic hydroxyl groups excluding tert-OH is 1. The van der Waals surface area contributed by atoms with E-state index >= 15 is 0 Å². The van der Waals surface area contributed by atoms with Crippen LogP contribution in [0.2, 0.25) is 0 Å². The molecule has 1 aromatic carbocycles. The molecule has 0 saturated carbocycles. The molecule has 1 heterocycles. The molecule has 1 aliphatic heterocycles. The fraction of sp³-hybridized carbons (Fsp3) is 0.462. The van der Waals surface area contributed by atoms with Gasteiger partial charge in [-0.2, -0.15) is 0 Å².